The van der Waals surface area contributed by atoms with Crippen LogP contribution in [0.4, 0.5) is 0 Å². The summed E-state index contributed by atoms with van der Waals surface area (Å²) < 4.78 is 0. The quantitative estimate of drug-likeness (QED) is 0.254. The van der Waals surface area contributed by atoms with Gasteiger partial charge in [-0.05, 0) is 25.7 Å². The first-order valence-corrected chi connectivity index (χ1v) is 8.02. The molecule has 0 spiro atoms. The van der Waals surface area contributed by atoms with Gasteiger partial charge in [0.2, 0.25) is 0 Å². The van der Waals surface area contributed by atoms with Crippen molar-refractivity contribution in [3.05, 3.63) is 31.2 Å². The van der Waals surface area contributed by atoms with Crippen molar-refractivity contribution in [2.45, 2.75) is 84.0 Å². The highest BCUT2D eigenvalue weighted by molar-refractivity contribution is 5.02. The second-order valence-corrected chi connectivity index (χ2v) is 5.12. The normalized spacial score (nSPS) is 11.9. The van der Waals surface area contributed by atoms with Gasteiger partial charge >= 0.3 is 0 Å². The van der Waals surface area contributed by atoms with Crippen molar-refractivity contribution in [3.8, 4) is 0 Å². The van der Waals surface area contributed by atoms with Crippen LogP contribution in [0.2, 0.25) is 0 Å². The third-order valence-corrected chi connectivity index (χ3v) is 3.23. The average molecular weight is 249 g/mol. The third kappa shape index (κ3) is 15.5. The van der Waals surface area contributed by atoms with Gasteiger partial charge in [0.1, 0.15) is 0 Å². The second kappa shape index (κ2) is 16.5. The van der Waals surface area contributed by atoms with Crippen molar-refractivity contribution in [3.63, 3.8) is 0 Å². The van der Waals surface area contributed by atoms with Crippen molar-refractivity contribution >= 4 is 0 Å². The number of rotatable bonds is 13. The lowest BCUT2D eigenvalue weighted by molar-refractivity contribution is 0.566. The van der Waals surface area contributed by atoms with Crippen LogP contribution in [0.15, 0.2) is 24.3 Å². The van der Waals surface area contributed by atoms with Gasteiger partial charge in [-0.15, -0.1) is 0 Å². The van der Waals surface area contributed by atoms with Crippen molar-refractivity contribution < 1.29 is 0 Å². The average Bonchev–Trinajstić information content (AvgIpc) is 2.39. The zero-order valence-electron chi connectivity index (χ0n) is 12.5. The Kier molecular flexibility index (Phi) is 16.0. The molecule has 0 rings (SSSR count). The van der Waals surface area contributed by atoms with Crippen LogP contribution in [0.3, 0.4) is 0 Å². The van der Waals surface area contributed by atoms with Crippen LogP contribution < -0.4 is 0 Å². The van der Waals surface area contributed by atoms with E-state index in [1.807, 2.05) is 0 Å². The molecule has 0 unspecified atom stereocenters. The monoisotopic (exact) mass is 249 g/mol. The van der Waals surface area contributed by atoms with Gasteiger partial charge in [-0.1, -0.05) is 89.5 Å². The fraction of sp³-hybridized carbons (Fsp3) is 0.722. The standard InChI is InChI=1S/C18H33/c1-3-5-7-9-11-13-15-17-18-16-14-12-10-8-6-4-2/h7,9,11,13H,1,3-6,8,10,12,14-18H2,2H3/b9-7+,13-11+. The van der Waals surface area contributed by atoms with E-state index in [0.29, 0.717) is 0 Å². The maximum absolute atomic E-state index is 3.81. The number of allylic oxidation sites excluding steroid dienone is 4. The first-order valence-electron chi connectivity index (χ1n) is 8.02. The predicted octanol–water partition coefficient (Wildman–Crippen LogP) is 6.63. The lowest BCUT2D eigenvalue weighted by Crippen LogP contribution is -1.80. The first-order chi connectivity index (χ1) is 8.91. The molecule has 0 fully saturated rings. The topological polar surface area (TPSA) is 0 Å². The summed E-state index contributed by atoms with van der Waals surface area (Å²) in [7, 11) is 0. The Bertz CT molecular complexity index is 188. The fourth-order valence-corrected chi connectivity index (χ4v) is 2.04. The van der Waals surface area contributed by atoms with Gasteiger partial charge in [0, 0.05) is 0 Å². The molecule has 1 radical (unpaired) electrons. The van der Waals surface area contributed by atoms with Crippen molar-refractivity contribution in [1.82, 2.24) is 0 Å². The maximum Gasteiger partial charge on any atom is -0.0348 e. The first kappa shape index (κ1) is 17.5. The SMILES string of the molecule is [CH2]CC/C=C/C=C/CCCCCCCCCCC. The molecule has 0 saturated carbocycles. The van der Waals surface area contributed by atoms with E-state index in [1.54, 1.807) is 0 Å². The summed E-state index contributed by atoms with van der Waals surface area (Å²) >= 11 is 0. The van der Waals surface area contributed by atoms with Crippen LogP contribution in [0.1, 0.15) is 84.0 Å². The van der Waals surface area contributed by atoms with Gasteiger partial charge in [0.15, 0.2) is 0 Å². The molecule has 0 heterocycles. The smallest absolute Gasteiger partial charge is 0.0348 e. The largest absolute Gasteiger partial charge is 0.0845 e. The zero-order chi connectivity index (χ0) is 13.3. The molecule has 0 aliphatic heterocycles. The zero-order valence-corrected chi connectivity index (χ0v) is 12.5. The van der Waals surface area contributed by atoms with Crippen LogP contribution in [-0.2, 0) is 0 Å². The molecule has 0 amide bonds. The van der Waals surface area contributed by atoms with Gasteiger partial charge in [0.25, 0.3) is 0 Å². The molecule has 0 bridgehead atoms. The van der Waals surface area contributed by atoms with E-state index in [4.69, 9.17) is 0 Å². The lowest BCUT2D eigenvalue weighted by Gasteiger charge is -2.00. The maximum atomic E-state index is 3.81. The van der Waals surface area contributed by atoms with Crippen LogP contribution in [0.25, 0.3) is 0 Å². The predicted molar refractivity (Wildman–Crippen MR) is 84.7 cm³/mol. The molecule has 0 aromatic carbocycles. The van der Waals surface area contributed by atoms with Crippen molar-refractivity contribution in [1.29, 1.82) is 0 Å². The van der Waals surface area contributed by atoms with Gasteiger partial charge in [-0.25, -0.2) is 0 Å². The van der Waals surface area contributed by atoms with E-state index >= 15 is 0 Å². The molecule has 0 aliphatic carbocycles. The molecule has 0 N–H and O–H groups in total. The fourth-order valence-electron chi connectivity index (χ4n) is 2.04. The second-order valence-electron chi connectivity index (χ2n) is 5.12. The molecule has 0 aliphatic rings. The van der Waals surface area contributed by atoms with Crippen LogP contribution in [0.5, 0.6) is 0 Å². The van der Waals surface area contributed by atoms with Crippen molar-refractivity contribution in [2.75, 3.05) is 0 Å². The molecular formula is C18H33. The Balaban J connectivity index is 3.07. The summed E-state index contributed by atoms with van der Waals surface area (Å²) in [6.07, 6.45) is 24.9. The molecule has 0 aromatic heterocycles. The number of unbranched alkanes of at least 4 members (excludes halogenated alkanes) is 10. The minimum absolute atomic E-state index is 1.00. The minimum atomic E-state index is 1.00. The summed E-state index contributed by atoms with van der Waals surface area (Å²) in [5, 5.41) is 0. The van der Waals surface area contributed by atoms with E-state index in [1.165, 1.54) is 64.2 Å². The van der Waals surface area contributed by atoms with Gasteiger partial charge in [-0.2, -0.15) is 0 Å². The molecule has 0 atom stereocenters. The molecule has 0 aromatic rings. The summed E-state index contributed by atoms with van der Waals surface area (Å²) in [6.45, 7) is 6.09. The molecular weight excluding hydrogens is 216 g/mol. The van der Waals surface area contributed by atoms with E-state index in [0.717, 1.165) is 12.8 Å². The highest BCUT2D eigenvalue weighted by Gasteiger charge is 1.90. The van der Waals surface area contributed by atoms with Gasteiger partial charge in [0.05, 0.1) is 0 Å². The minimum Gasteiger partial charge on any atom is -0.0845 e. The van der Waals surface area contributed by atoms with Gasteiger partial charge < -0.3 is 0 Å². The Morgan fingerprint density at radius 2 is 1.17 bits per heavy atom. The van der Waals surface area contributed by atoms with Gasteiger partial charge in [-0.3, -0.25) is 0 Å². The summed E-state index contributed by atoms with van der Waals surface area (Å²) in [5.41, 5.74) is 0. The van der Waals surface area contributed by atoms with Crippen molar-refractivity contribution in [2.24, 2.45) is 0 Å². The lowest BCUT2D eigenvalue weighted by atomic mass is 10.1. The van der Waals surface area contributed by atoms with Crippen LogP contribution in [0, 0.1) is 6.92 Å². The molecule has 0 nitrogen and oxygen atoms in total. The van der Waals surface area contributed by atoms with E-state index in [9.17, 15) is 0 Å². The Labute approximate surface area is 116 Å². The van der Waals surface area contributed by atoms with Crippen LogP contribution >= 0.6 is 0 Å². The van der Waals surface area contributed by atoms with E-state index in [2.05, 4.69) is 38.2 Å². The Morgan fingerprint density at radius 3 is 1.72 bits per heavy atom. The van der Waals surface area contributed by atoms with E-state index in [-0.39, 0.29) is 0 Å². The highest BCUT2D eigenvalue weighted by Crippen LogP contribution is 2.10. The van der Waals surface area contributed by atoms with E-state index < -0.39 is 0 Å². The van der Waals surface area contributed by atoms with Crippen LogP contribution in [-0.4, -0.2) is 0 Å². The Hall–Kier alpha value is -0.520. The molecule has 0 saturated heterocycles. The number of hydrogen-bond donors (Lipinski definition) is 0. The molecule has 0 heteroatoms. The Morgan fingerprint density at radius 1 is 0.667 bits per heavy atom. The third-order valence-electron chi connectivity index (χ3n) is 3.23. The summed E-state index contributed by atoms with van der Waals surface area (Å²) in [5.74, 6) is 0. The molecule has 105 valence electrons. The highest BCUT2D eigenvalue weighted by atomic mass is 14.0. The summed E-state index contributed by atoms with van der Waals surface area (Å²) in [4.78, 5) is 0. The molecule has 18 heavy (non-hydrogen) atoms. The summed E-state index contributed by atoms with van der Waals surface area (Å²) in [6, 6.07) is 0. The number of hydrogen-bond acceptors (Lipinski definition) is 0.